The maximum Gasteiger partial charge on any atom is 0.336 e. The Kier molecular flexibility index (Phi) is 6.70. The molecule has 3 aromatic rings. The first-order valence-corrected chi connectivity index (χ1v) is 14.6. The zero-order valence-corrected chi connectivity index (χ0v) is 23.9. The van der Waals surface area contributed by atoms with Crippen LogP contribution < -0.4 is 10.4 Å². The molecule has 1 spiro atoms. The Hall–Kier alpha value is -2.83. The molecule has 4 saturated heterocycles. The molecule has 1 aliphatic carbocycles. The molecule has 8 rings (SSSR count). The molecule has 0 N–H and O–H groups in total. The van der Waals surface area contributed by atoms with E-state index in [1.165, 1.54) is 6.07 Å². The van der Waals surface area contributed by atoms with Gasteiger partial charge in [-0.3, -0.25) is 0 Å². The summed E-state index contributed by atoms with van der Waals surface area (Å²) in [5.41, 5.74) is 1.10. The fourth-order valence-corrected chi connectivity index (χ4v) is 7.40. The SMILES string of the molecule is Cc1cc(=O)oc2cc(OCCn3cc(CO[C@H]4O[C@@H]5O[C@@]6(C)CC[C@H]7[C@H](C)CC[C@@H]([C@H]4C)[C@@]57OO6)nn3)ccc12. The largest absolute Gasteiger partial charge is 0.492 e. The molecule has 1 aromatic carbocycles. The number of hydrogen-bond donors (Lipinski definition) is 0. The summed E-state index contributed by atoms with van der Waals surface area (Å²) in [6.45, 7) is 9.41. The molecule has 4 aliphatic heterocycles. The van der Waals surface area contributed by atoms with Crippen LogP contribution in [0.3, 0.4) is 0 Å². The maximum atomic E-state index is 11.7. The van der Waals surface area contributed by atoms with Crippen molar-refractivity contribution in [2.75, 3.05) is 6.61 Å². The van der Waals surface area contributed by atoms with Crippen LogP contribution in [0, 0.1) is 30.6 Å². The van der Waals surface area contributed by atoms with Crippen molar-refractivity contribution < 1.29 is 33.1 Å². The number of ether oxygens (including phenoxy) is 4. The lowest BCUT2D eigenvalue weighted by Gasteiger charge is -2.60. The van der Waals surface area contributed by atoms with Crippen LogP contribution in [0.1, 0.15) is 57.7 Å². The van der Waals surface area contributed by atoms with Crippen LogP contribution in [-0.4, -0.2) is 45.6 Å². The number of aryl methyl sites for hydroxylation is 1. The van der Waals surface area contributed by atoms with Gasteiger partial charge >= 0.3 is 5.63 Å². The molecule has 8 atom stereocenters. The first-order chi connectivity index (χ1) is 19.7. The Bertz CT molecular complexity index is 1490. The first-order valence-electron chi connectivity index (χ1n) is 14.6. The molecule has 2 aromatic heterocycles. The van der Waals surface area contributed by atoms with Gasteiger partial charge in [0.05, 0.1) is 19.3 Å². The Morgan fingerprint density at radius 3 is 2.88 bits per heavy atom. The Morgan fingerprint density at radius 2 is 2.00 bits per heavy atom. The van der Waals surface area contributed by atoms with Crippen LogP contribution >= 0.6 is 0 Å². The monoisotopic (exact) mass is 567 g/mol. The average Bonchev–Trinajstić information content (AvgIpc) is 3.27. The van der Waals surface area contributed by atoms with Crippen molar-refractivity contribution in [3.8, 4) is 5.75 Å². The highest BCUT2D eigenvalue weighted by Crippen LogP contribution is 2.60. The molecular weight excluding hydrogens is 530 g/mol. The van der Waals surface area contributed by atoms with Gasteiger partial charge < -0.3 is 23.4 Å². The number of aromatic nitrogens is 3. The second kappa shape index (κ2) is 10.2. The molecule has 6 heterocycles. The minimum Gasteiger partial charge on any atom is -0.492 e. The molecular formula is C30H37N3O8. The first kappa shape index (κ1) is 27.0. The molecule has 0 amide bonds. The lowest BCUT2D eigenvalue weighted by atomic mass is 9.58. The van der Waals surface area contributed by atoms with E-state index in [2.05, 4.69) is 24.2 Å². The van der Waals surface area contributed by atoms with Gasteiger partial charge in [-0.1, -0.05) is 19.1 Å². The van der Waals surface area contributed by atoms with Gasteiger partial charge in [0.1, 0.15) is 23.6 Å². The molecule has 1 saturated carbocycles. The van der Waals surface area contributed by atoms with E-state index < -0.39 is 24.0 Å². The number of fused-ring (bicyclic) bond motifs is 3. The number of nitrogens with zero attached hydrogens (tertiary/aromatic N) is 3. The van der Waals surface area contributed by atoms with Gasteiger partial charge in [-0.2, -0.15) is 0 Å². The molecule has 2 bridgehead atoms. The van der Waals surface area contributed by atoms with E-state index in [1.807, 2.05) is 32.2 Å². The smallest absolute Gasteiger partial charge is 0.336 e. The summed E-state index contributed by atoms with van der Waals surface area (Å²) in [5, 5.41) is 9.39. The van der Waals surface area contributed by atoms with Crippen molar-refractivity contribution in [3.05, 3.63) is 52.1 Å². The van der Waals surface area contributed by atoms with Crippen LogP contribution in [-0.2, 0) is 37.1 Å². The summed E-state index contributed by atoms with van der Waals surface area (Å²) >= 11 is 0. The van der Waals surface area contributed by atoms with Gasteiger partial charge in [0.15, 0.2) is 18.2 Å². The minimum absolute atomic E-state index is 0.0921. The van der Waals surface area contributed by atoms with E-state index >= 15 is 0 Å². The third-order valence-electron chi connectivity index (χ3n) is 9.59. The highest BCUT2D eigenvalue weighted by atomic mass is 17.3. The Balaban J connectivity index is 0.972. The third kappa shape index (κ3) is 4.67. The Labute approximate surface area is 237 Å². The fraction of sp³-hybridized carbons (Fsp3) is 0.633. The standard InChI is InChI=1S/C30H37N3O8/c1-17-5-8-24-19(3)27(38-28-30(24)23(17)9-10-29(4,39-28)40-41-30)36-16-20-15-33(32-31-20)11-12-35-21-6-7-22-18(2)13-26(34)37-25(22)14-21/h6-7,13-15,17,19,23-24,27-28H,5,8-12,16H2,1-4H3/t17-,19-,23+,24+,27+,28-,29-,30-/m1/s1. The van der Waals surface area contributed by atoms with Crippen molar-refractivity contribution in [3.63, 3.8) is 0 Å². The normalized spacial score (nSPS) is 36.2. The van der Waals surface area contributed by atoms with Crippen LogP contribution in [0.4, 0.5) is 0 Å². The van der Waals surface area contributed by atoms with Gasteiger partial charge in [0, 0.05) is 35.8 Å². The molecule has 220 valence electrons. The third-order valence-corrected chi connectivity index (χ3v) is 9.59. The van der Waals surface area contributed by atoms with Crippen LogP contribution in [0.5, 0.6) is 5.75 Å². The summed E-state index contributed by atoms with van der Waals surface area (Å²) in [7, 11) is 0. The van der Waals surface area contributed by atoms with Gasteiger partial charge in [-0.05, 0) is 62.6 Å². The highest BCUT2D eigenvalue weighted by Gasteiger charge is 2.69. The van der Waals surface area contributed by atoms with Crippen molar-refractivity contribution in [2.24, 2.45) is 23.7 Å². The van der Waals surface area contributed by atoms with Crippen LogP contribution in [0.25, 0.3) is 11.0 Å². The molecule has 41 heavy (non-hydrogen) atoms. The summed E-state index contributed by atoms with van der Waals surface area (Å²) < 4.78 is 32.1. The lowest BCUT2D eigenvalue weighted by Crippen LogP contribution is -2.70. The van der Waals surface area contributed by atoms with Gasteiger partial charge in [0.25, 0.3) is 0 Å². The quantitative estimate of drug-likeness (QED) is 0.298. The highest BCUT2D eigenvalue weighted by molar-refractivity contribution is 5.81. The summed E-state index contributed by atoms with van der Waals surface area (Å²) in [6, 6.07) is 6.97. The summed E-state index contributed by atoms with van der Waals surface area (Å²) in [5.74, 6) is 0.934. The summed E-state index contributed by atoms with van der Waals surface area (Å²) in [6.07, 6.45) is 4.78. The minimum atomic E-state index is -0.813. The van der Waals surface area contributed by atoms with E-state index in [4.69, 9.17) is 33.1 Å². The van der Waals surface area contributed by atoms with Gasteiger partial charge in [0.2, 0.25) is 5.79 Å². The van der Waals surface area contributed by atoms with E-state index in [0.717, 1.165) is 36.6 Å². The van der Waals surface area contributed by atoms with Crippen LogP contribution in [0.15, 0.2) is 39.7 Å². The maximum absolute atomic E-state index is 11.7. The van der Waals surface area contributed by atoms with Crippen LogP contribution in [0.2, 0.25) is 0 Å². The predicted octanol–water partition coefficient (Wildman–Crippen LogP) is 4.50. The number of hydrogen-bond acceptors (Lipinski definition) is 10. The average molecular weight is 568 g/mol. The molecule has 5 fully saturated rings. The van der Waals surface area contributed by atoms with Gasteiger partial charge in [-0.15, -0.1) is 5.10 Å². The summed E-state index contributed by atoms with van der Waals surface area (Å²) in [4.78, 5) is 23.8. The zero-order valence-electron chi connectivity index (χ0n) is 23.9. The molecule has 11 heteroatoms. The van der Waals surface area contributed by atoms with Crippen molar-refractivity contribution >= 4 is 11.0 Å². The number of benzene rings is 1. The molecule has 5 aliphatic rings. The van der Waals surface area contributed by atoms with Gasteiger partial charge in [-0.25, -0.2) is 19.3 Å². The van der Waals surface area contributed by atoms with E-state index in [-0.39, 0.29) is 24.1 Å². The fourth-order valence-electron chi connectivity index (χ4n) is 7.40. The van der Waals surface area contributed by atoms with E-state index in [9.17, 15) is 4.79 Å². The van der Waals surface area contributed by atoms with Crippen molar-refractivity contribution in [1.29, 1.82) is 0 Å². The van der Waals surface area contributed by atoms with E-state index in [1.54, 1.807) is 10.7 Å². The topological polar surface area (TPSA) is 116 Å². The second-order valence-electron chi connectivity index (χ2n) is 12.3. The zero-order chi connectivity index (χ0) is 28.4. The lowest BCUT2D eigenvalue weighted by molar-refractivity contribution is -0.577. The molecule has 11 nitrogen and oxygen atoms in total. The second-order valence-corrected chi connectivity index (χ2v) is 12.3. The molecule has 0 unspecified atom stereocenters. The number of rotatable bonds is 7. The molecule has 0 radical (unpaired) electrons. The van der Waals surface area contributed by atoms with Crippen molar-refractivity contribution in [1.82, 2.24) is 15.0 Å². The Morgan fingerprint density at radius 1 is 1.12 bits per heavy atom. The van der Waals surface area contributed by atoms with Crippen molar-refractivity contribution in [2.45, 2.75) is 90.5 Å². The van der Waals surface area contributed by atoms with E-state index in [0.29, 0.717) is 42.0 Å². The predicted molar refractivity (Wildman–Crippen MR) is 144 cm³/mol.